The van der Waals surface area contributed by atoms with Crippen LogP contribution in [0.5, 0.6) is 0 Å². The quantitative estimate of drug-likeness (QED) is 0.451. The summed E-state index contributed by atoms with van der Waals surface area (Å²) in [5.41, 5.74) is 2.88. The highest BCUT2D eigenvalue weighted by Gasteiger charge is 2.28. The molecule has 0 saturated carbocycles. The van der Waals surface area contributed by atoms with Crippen molar-refractivity contribution in [3.63, 3.8) is 0 Å². The minimum absolute atomic E-state index is 0.174. The number of hydrogen-bond acceptors (Lipinski definition) is 7. The summed E-state index contributed by atoms with van der Waals surface area (Å²) < 4.78 is 5.33. The van der Waals surface area contributed by atoms with Crippen LogP contribution in [0.4, 0.5) is 5.82 Å². The number of aryl methyl sites for hydroxylation is 3. The van der Waals surface area contributed by atoms with Crippen LogP contribution in [-0.2, 0) is 9.53 Å². The second-order valence-corrected chi connectivity index (χ2v) is 9.02. The van der Waals surface area contributed by atoms with E-state index in [2.05, 4.69) is 28.7 Å². The average molecular weight is 424 g/mol. The van der Waals surface area contributed by atoms with Gasteiger partial charge in [-0.1, -0.05) is 29.8 Å². The Morgan fingerprint density at radius 1 is 1.10 bits per heavy atom. The van der Waals surface area contributed by atoms with Gasteiger partial charge in [0.05, 0.1) is 11.3 Å². The number of hydrogen-bond donors (Lipinski definition) is 0. The molecule has 3 aromatic rings. The number of esters is 1. The van der Waals surface area contributed by atoms with Crippen molar-refractivity contribution in [2.24, 2.45) is 5.92 Å². The Balaban J connectivity index is 1.35. The molecule has 0 unspecified atom stereocenters. The van der Waals surface area contributed by atoms with Gasteiger partial charge < -0.3 is 9.64 Å². The second-order valence-electron chi connectivity index (χ2n) is 7.82. The Kier molecular flexibility index (Phi) is 5.81. The van der Waals surface area contributed by atoms with Crippen molar-refractivity contribution in [2.75, 3.05) is 24.6 Å². The molecular weight excluding hydrogens is 398 g/mol. The molecule has 0 radical (unpaired) electrons. The molecule has 3 heterocycles. The predicted molar refractivity (Wildman–Crippen MR) is 118 cm³/mol. The maximum absolute atomic E-state index is 12.5. The molecule has 0 bridgehead atoms. The van der Waals surface area contributed by atoms with Gasteiger partial charge in [-0.3, -0.25) is 9.59 Å². The first kappa shape index (κ1) is 20.5. The fraction of sp³-hybridized carbons (Fsp3) is 0.391. The molecule has 0 amide bonds. The summed E-state index contributed by atoms with van der Waals surface area (Å²) in [7, 11) is 0. The summed E-state index contributed by atoms with van der Waals surface area (Å²) in [5, 5.41) is 1.12. The lowest BCUT2D eigenvalue weighted by Gasteiger charge is -2.32. The van der Waals surface area contributed by atoms with Gasteiger partial charge in [0.15, 0.2) is 12.4 Å². The minimum atomic E-state index is -0.287. The Labute approximate surface area is 179 Å². The van der Waals surface area contributed by atoms with Crippen molar-refractivity contribution < 1.29 is 14.3 Å². The van der Waals surface area contributed by atoms with Crippen LogP contribution in [-0.4, -0.2) is 41.4 Å². The van der Waals surface area contributed by atoms with Crippen LogP contribution in [0.3, 0.4) is 0 Å². The van der Waals surface area contributed by atoms with Crippen molar-refractivity contribution in [1.82, 2.24) is 9.97 Å². The Morgan fingerprint density at radius 2 is 1.80 bits per heavy atom. The molecule has 1 aliphatic heterocycles. The molecule has 0 N–H and O–H groups in total. The molecule has 1 saturated heterocycles. The van der Waals surface area contributed by atoms with E-state index in [1.54, 1.807) is 29.8 Å². The molecule has 6 nitrogen and oxygen atoms in total. The number of benzene rings is 1. The first-order valence-electron chi connectivity index (χ1n) is 10.2. The molecule has 7 heteroatoms. The summed E-state index contributed by atoms with van der Waals surface area (Å²) in [4.78, 5) is 38.2. The number of carbonyl (C=O) groups is 2. The van der Waals surface area contributed by atoms with E-state index in [0.717, 1.165) is 34.7 Å². The lowest BCUT2D eigenvalue weighted by molar-refractivity contribution is -0.148. The zero-order valence-electron chi connectivity index (χ0n) is 17.5. The molecule has 1 fully saturated rings. The van der Waals surface area contributed by atoms with Crippen LogP contribution < -0.4 is 4.90 Å². The molecular formula is C23H25N3O3S. The first-order chi connectivity index (χ1) is 14.4. The number of ketones is 1. The van der Waals surface area contributed by atoms with Gasteiger partial charge in [0.1, 0.15) is 17.0 Å². The van der Waals surface area contributed by atoms with Crippen LogP contribution in [0.1, 0.15) is 39.2 Å². The number of piperidine rings is 1. The number of anilines is 1. The molecule has 2 aromatic heterocycles. The fourth-order valence-electron chi connectivity index (χ4n) is 3.81. The van der Waals surface area contributed by atoms with Crippen molar-refractivity contribution in [3.8, 4) is 0 Å². The van der Waals surface area contributed by atoms with Crippen LogP contribution in [0.2, 0.25) is 0 Å². The average Bonchev–Trinajstić information content (AvgIpc) is 3.06. The molecule has 30 heavy (non-hydrogen) atoms. The lowest BCUT2D eigenvalue weighted by Crippen LogP contribution is -2.37. The molecule has 0 aliphatic carbocycles. The van der Waals surface area contributed by atoms with Crippen LogP contribution in [0.15, 0.2) is 30.6 Å². The highest BCUT2D eigenvalue weighted by molar-refractivity contribution is 7.18. The SMILES string of the molecule is Cc1ccc(C(=O)COC(=O)C2CCN(c3ncnc4sc(C)c(C)c34)CC2)cc1. The van der Waals surface area contributed by atoms with Gasteiger partial charge in [-0.15, -0.1) is 11.3 Å². The van der Waals surface area contributed by atoms with E-state index < -0.39 is 0 Å². The molecule has 0 spiro atoms. The molecule has 1 aromatic carbocycles. The van der Waals surface area contributed by atoms with Gasteiger partial charge in [0, 0.05) is 23.5 Å². The third-order valence-corrected chi connectivity index (χ3v) is 6.91. The normalized spacial score (nSPS) is 14.8. The monoisotopic (exact) mass is 423 g/mol. The number of Topliss-reactive ketones (excluding diaryl/α,β-unsaturated/α-hetero) is 1. The number of aromatic nitrogens is 2. The van der Waals surface area contributed by atoms with Gasteiger partial charge in [-0.2, -0.15) is 0 Å². The number of rotatable bonds is 5. The smallest absolute Gasteiger partial charge is 0.309 e. The number of ether oxygens (including phenoxy) is 1. The Bertz CT molecular complexity index is 1080. The zero-order chi connectivity index (χ0) is 21.3. The van der Waals surface area contributed by atoms with E-state index in [4.69, 9.17) is 4.74 Å². The zero-order valence-corrected chi connectivity index (χ0v) is 18.3. The second kappa shape index (κ2) is 8.52. The highest BCUT2D eigenvalue weighted by Crippen LogP contribution is 2.35. The maximum Gasteiger partial charge on any atom is 0.309 e. The summed E-state index contributed by atoms with van der Waals surface area (Å²) in [5.74, 6) is 0.302. The standard InChI is InChI=1S/C23H25N3O3S/c1-14-4-6-17(7-5-14)19(27)12-29-23(28)18-8-10-26(11-9-18)21-20-15(2)16(3)30-22(20)25-13-24-21/h4-7,13,18H,8-12H2,1-3H3. The van der Waals surface area contributed by atoms with E-state index >= 15 is 0 Å². The summed E-state index contributed by atoms with van der Waals surface area (Å²) in [6, 6.07) is 7.29. The predicted octanol–water partition coefficient (Wildman–Crippen LogP) is 4.26. The summed E-state index contributed by atoms with van der Waals surface area (Å²) in [6.45, 7) is 7.43. The number of nitrogens with zero attached hydrogens (tertiary/aromatic N) is 3. The minimum Gasteiger partial charge on any atom is -0.457 e. The third kappa shape index (κ3) is 4.07. The van der Waals surface area contributed by atoms with Crippen molar-refractivity contribution in [3.05, 3.63) is 52.2 Å². The van der Waals surface area contributed by atoms with Crippen LogP contribution >= 0.6 is 11.3 Å². The van der Waals surface area contributed by atoms with E-state index in [-0.39, 0.29) is 24.3 Å². The van der Waals surface area contributed by atoms with E-state index in [0.29, 0.717) is 18.4 Å². The molecule has 4 rings (SSSR count). The maximum atomic E-state index is 12.5. The van der Waals surface area contributed by atoms with E-state index in [1.807, 2.05) is 19.1 Å². The number of thiophene rings is 1. The van der Waals surface area contributed by atoms with Crippen molar-refractivity contribution >= 4 is 39.1 Å². The molecule has 1 aliphatic rings. The van der Waals surface area contributed by atoms with Gasteiger partial charge in [-0.05, 0) is 39.2 Å². The van der Waals surface area contributed by atoms with Crippen molar-refractivity contribution in [2.45, 2.75) is 33.6 Å². The molecule has 156 valence electrons. The Hall–Kier alpha value is -2.80. The van der Waals surface area contributed by atoms with E-state index in [1.165, 1.54) is 10.4 Å². The third-order valence-electron chi connectivity index (χ3n) is 5.79. The van der Waals surface area contributed by atoms with Gasteiger partial charge in [0.25, 0.3) is 0 Å². The largest absolute Gasteiger partial charge is 0.457 e. The van der Waals surface area contributed by atoms with E-state index in [9.17, 15) is 9.59 Å². The van der Waals surface area contributed by atoms with Gasteiger partial charge in [-0.25, -0.2) is 9.97 Å². The first-order valence-corrected chi connectivity index (χ1v) is 11.0. The molecule has 0 atom stereocenters. The number of carbonyl (C=O) groups excluding carboxylic acids is 2. The van der Waals surface area contributed by atoms with Crippen LogP contribution in [0, 0.1) is 26.7 Å². The fourth-order valence-corrected chi connectivity index (χ4v) is 4.80. The lowest BCUT2D eigenvalue weighted by atomic mass is 9.96. The summed E-state index contributed by atoms with van der Waals surface area (Å²) >= 11 is 1.69. The topological polar surface area (TPSA) is 72.4 Å². The van der Waals surface area contributed by atoms with Crippen molar-refractivity contribution in [1.29, 1.82) is 0 Å². The number of fused-ring (bicyclic) bond motifs is 1. The highest BCUT2D eigenvalue weighted by atomic mass is 32.1. The van der Waals surface area contributed by atoms with Gasteiger partial charge in [0.2, 0.25) is 0 Å². The van der Waals surface area contributed by atoms with Gasteiger partial charge >= 0.3 is 5.97 Å². The van der Waals surface area contributed by atoms with Crippen LogP contribution in [0.25, 0.3) is 10.2 Å². The Morgan fingerprint density at radius 3 is 2.50 bits per heavy atom. The summed E-state index contributed by atoms with van der Waals surface area (Å²) in [6.07, 6.45) is 2.99.